The van der Waals surface area contributed by atoms with Crippen LogP contribution in [0, 0.1) is 17.5 Å². The Morgan fingerprint density at radius 1 is 1.00 bits per heavy atom. The van der Waals surface area contributed by atoms with E-state index in [0.29, 0.717) is 11.9 Å². The van der Waals surface area contributed by atoms with Crippen LogP contribution >= 0.6 is 0 Å². The lowest BCUT2D eigenvalue weighted by molar-refractivity contribution is 0.496. The quantitative estimate of drug-likeness (QED) is 0.806. The number of nitrogens with zero attached hydrogens (tertiary/aromatic N) is 2. The van der Waals surface area contributed by atoms with Gasteiger partial charge in [0.1, 0.15) is 11.6 Å². The van der Waals surface area contributed by atoms with E-state index in [-0.39, 0.29) is 17.2 Å². The largest absolute Gasteiger partial charge is 0.373 e. The van der Waals surface area contributed by atoms with Crippen molar-refractivity contribution in [2.45, 2.75) is 0 Å². The second-order valence-corrected chi connectivity index (χ2v) is 3.49. The van der Waals surface area contributed by atoms with E-state index in [1.807, 2.05) is 0 Å². The Morgan fingerprint density at radius 2 is 1.67 bits per heavy atom. The lowest BCUT2D eigenvalue weighted by Crippen LogP contribution is -2.02. The summed E-state index contributed by atoms with van der Waals surface area (Å²) in [5, 5.41) is 2.70. The predicted octanol–water partition coefficient (Wildman–Crippen LogP) is 2.18. The highest BCUT2D eigenvalue weighted by Gasteiger charge is 2.14. The Bertz CT molecular complexity index is 601. The van der Waals surface area contributed by atoms with E-state index in [9.17, 15) is 13.2 Å². The Hall–Kier alpha value is -2.31. The van der Waals surface area contributed by atoms with E-state index in [2.05, 4.69) is 15.3 Å². The molecule has 3 N–H and O–H groups in total. The van der Waals surface area contributed by atoms with E-state index in [0.717, 1.165) is 6.07 Å². The molecule has 2 aromatic rings. The van der Waals surface area contributed by atoms with Crippen LogP contribution in [0.25, 0.3) is 11.3 Å². The van der Waals surface area contributed by atoms with E-state index < -0.39 is 17.5 Å². The zero-order chi connectivity index (χ0) is 13.3. The van der Waals surface area contributed by atoms with E-state index in [1.54, 1.807) is 7.05 Å². The van der Waals surface area contributed by atoms with Gasteiger partial charge in [0.25, 0.3) is 0 Å². The topological polar surface area (TPSA) is 63.8 Å². The van der Waals surface area contributed by atoms with Crippen LogP contribution < -0.4 is 11.1 Å². The molecule has 2 rings (SSSR count). The highest BCUT2D eigenvalue weighted by atomic mass is 19.2. The molecule has 0 aliphatic heterocycles. The smallest absolute Gasteiger partial charge is 0.222 e. The maximum Gasteiger partial charge on any atom is 0.222 e. The van der Waals surface area contributed by atoms with Gasteiger partial charge in [0, 0.05) is 24.7 Å². The molecule has 0 unspecified atom stereocenters. The number of halogens is 3. The number of hydrogen-bond donors (Lipinski definition) is 2. The molecule has 1 aromatic heterocycles. The molecule has 0 atom stereocenters. The molecule has 0 fully saturated rings. The number of rotatable bonds is 2. The lowest BCUT2D eigenvalue weighted by Gasteiger charge is -2.07. The first kappa shape index (κ1) is 12.2. The molecule has 0 bridgehead atoms. The van der Waals surface area contributed by atoms with Crippen LogP contribution in [-0.2, 0) is 0 Å². The zero-order valence-electron chi connectivity index (χ0n) is 9.34. The van der Waals surface area contributed by atoms with E-state index in [1.165, 1.54) is 6.07 Å². The molecular formula is C11H9F3N4. The normalized spacial score (nSPS) is 10.4. The molecule has 7 heteroatoms. The van der Waals surface area contributed by atoms with Crippen molar-refractivity contribution in [1.82, 2.24) is 9.97 Å². The highest BCUT2D eigenvalue weighted by molar-refractivity contribution is 5.64. The fourth-order valence-corrected chi connectivity index (χ4v) is 1.45. The average molecular weight is 254 g/mol. The number of benzene rings is 1. The monoisotopic (exact) mass is 254 g/mol. The van der Waals surface area contributed by atoms with Gasteiger partial charge < -0.3 is 11.1 Å². The molecule has 0 saturated heterocycles. The Morgan fingerprint density at radius 3 is 2.33 bits per heavy atom. The second-order valence-electron chi connectivity index (χ2n) is 3.49. The summed E-state index contributed by atoms with van der Waals surface area (Å²) in [4.78, 5) is 7.59. The molecule has 1 heterocycles. The van der Waals surface area contributed by atoms with Crippen molar-refractivity contribution >= 4 is 11.8 Å². The molecule has 0 aliphatic rings. The maximum absolute atomic E-state index is 13.6. The van der Waals surface area contributed by atoms with Gasteiger partial charge in [0.15, 0.2) is 11.6 Å². The van der Waals surface area contributed by atoms with E-state index in [4.69, 9.17) is 5.73 Å². The third-order valence-electron chi connectivity index (χ3n) is 2.29. The van der Waals surface area contributed by atoms with Gasteiger partial charge in [0.05, 0.1) is 5.69 Å². The van der Waals surface area contributed by atoms with Gasteiger partial charge in [-0.1, -0.05) is 0 Å². The molecule has 18 heavy (non-hydrogen) atoms. The maximum atomic E-state index is 13.6. The average Bonchev–Trinajstić information content (AvgIpc) is 2.33. The summed E-state index contributed by atoms with van der Waals surface area (Å²) in [6, 6.07) is 2.57. The summed E-state index contributed by atoms with van der Waals surface area (Å²) in [5.41, 5.74) is 5.33. The van der Waals surface area contributed by atoms with Crippen LogP contribution in [0.3, 0.4) is 0 Å². The van der Waals surface area contributed by atoms with Crippen LogP contribution in [0.2, 0.25) is 0 Å². The Labute approximate surface area is 101 Å². The van der Waals surface area contributed by atoms with Gasteiger partial charge >= 0.3 is 0 Å². The van der Waals surface area contributed by atoms with Crippen LogP contribution in [0.1, 0.15) is 0 Å². The fourth-order valence-electron chi connectivity index (χ4n) is 1.45. The summed E-state index contributed by atoms with van der Waals surface area (Å²) in [6.07, 6.45) is 0. The summed E-state index contributed by atoms with van der Waals surface area (Å²) < 4.78 is 39.5. The van der Waals surface area contributed by atoms with E-state index >= 15 is 0 Å². The number of nitrogens with two attached hydrogens (primary N) is 1. The third-order valence-corrected chi connectivity index (χ3v) is 2.29. The molecule has 4 nitrogen and oxygen atoms in total. The summed E-state index contributed by atoms with van der Waals surface area (Å²) >= 11 is 0. The fraction of sp³-hybridized carbons (Fsp3) is 0.0909. The lowest BCUT2D eigenvalue weighted by atomic mass is 10.1. The summed E-state index contributed by atoms with van der Waals surface area (Å²) in [6.45, 7) is 0. The van der Waals surface area contributed by atoms with Crippen LogP contribution in [0.4, 0.5) is 24.9 Å². The molecule has 0 saturated carbocycles. The first-order chi connectivity index (χ1) is 8.51. The van der Waals surface area contributed by atoms with Gasteiger partial charge in [-0.15, -0.1) is 0 Å². The van der Waals surface area contributed by atoms with Crippen molar-refractivity contribution < 1.29 is 13.2 Å². The van der Waals surface area contributed by atoms with Gasteiger partial charge in [-0.3, -0.25) is 0 Å². The zero-order valence-corrected chi connectivity index (χ0v) is 9.34. The van der Waals surface area contributed by atoms with Crippen LogP contribution in [0.15, 0.2) is 18.2 Å². The minimum atomic E-state index is -1.26. The van der Waals surface area contributed by atoms with Crippen molar-refractivity contribution in [3.05, 3.63) is 35.7 Å². The first-order valence-electron chi connectivity index (χ1n) is 4.98. The number of anilines is 2. The van der Waals surface area contributed by atoms with Gasteiger partial charge in [-0.25, -0.2) is 18.2 Å². The number of aromatic nitrogens is 2. The van der Waals surface area contributed by atoms with Gasteiger partial charge in [-0.05, 0) is 6.07 Å². The first-order valence-corrected chi connectivity index (χ1v) is 4.98. The molecule has 94 valence electrons. The number of nitrogen functional groups attached to an aromatic ring is 1. The summed E-state index contributed by atoms with van der Waals surface area (Å²) in [7, 11) is 1.59. The van der Waals surface area contributed by atoms with Gasteiger partial charge in [-0.2, -0.15) is 4.98 Å². The predicted molar refractivity (Wildman–Crippen MR) is 61.3 cm³/mol. The third kappa shape index (κ3) is 2.20. The minimum Gasteiger partial charge on any atom is -0.373 e. The van der Waals surface area contributed by atoms with Crippen molar-refractivity contribution in [2.75, 3.05) is 18.1 Å². The molecule has 0 amide bonds. The highest BCUT2D eigenvalue weighted by Crippen LogP contribution is 2.25. The summed E-state index contributed by atoms with van der Waals surface area (Å²) in [5.74, 6) is -3.08. The Balaban J connectivity index is 2.61. The van der Waals surface area contributed by atoms with Crippen LogP contribution in [0.5, 0.6) is 0 Å². The number of hydrogen-bond acceptors (Lipinski definition) is 4. The van der Waals surface area contributed by atoms with Crippen molar-refractivity contribution in [2.24, 2.45) is 0 Å². The molecule has 1 aromatic carbocycles. The minimum absolute atomic E-state index is 0.0725. The van der Waals surface area contributed by atoms with Crippen LogP contribution in [-0.4, -0.2) is 17.0 Å². The standard InChI is InChI=1S/C11H9F3N4/c1-16-10-4-9(17-11(15)18-10)5-2-7(13)8(14)3-6(5)12/h2-4H,1H3,(H3,15,16,17,18). The molecular weight excluding hydrogens is 245 g/mol. The molecule has 0 aliphatic carbocycles. The Kier molecular flexibility index (Phi) is 3.05. The molecule has 0 radical (unpaired) electrons. The second kappa shape index (κ2) is 4.52. The van der Waals surface area contributed by atoms with Crippen molar-refractivity contribution in [3.8, 4) is 11.3 Å². The van der Waals surface area contributed by atoms with Gasteiger partial charge in [0.2, 0.25) is 5.95 Å². The van der Waals surface area contributed by atoms with Crippen molar-refractivity contribution in [1.29, 1.82) is 0 Å². The van der Waals surface area contributed by atoms with Crippen molar-refractivity contribution in [3.63, 3.8) is 0 Å². The SMILES string of the molecule is CNc1cc(-c2cc(F)c(F)cc2F)nc(N)n1. The number of nitrogens with one attached hydrogen (secondary N) is 1. The molecule has 0 spiro atoms.